The van der Waals surface area contributed by atoms with Gasteiger partial charge in [0.25, 0.3) is 5.91 Å². The van der Waals surface area contributed by atoms with Crippen LogP contribution >= 0.6 is 0 Å². The Morgan fingerprint density at radius 2 is 1.58 bits per heavy atom. The van der Waals surface area contributed by atoms with Crippen molar-refractivity contribution in [2.24, 2.45) is 5.10 Å². The standard InChI is InChI=1S/C20H18N2O2/c1-14-8-13-19(24-14)15(2)21-22-20(23)18-11-9-17(10-12-18)16-6-4-3-5-7-16/h3-13H,1-2H3,(H,22,23)/b21-15+. The lowest BCUT2D eigenvalue weighted by Crippen LogP contribution is -2.19. The minimum atomic E-state index is -0.253. The van der Waals surface area contributed by atoms with E-state index in [-0.39, 0.29) is 5.91 Å². The molecule has 1 heterocycles. The number of hydrazone groups is 1. The molecule has 0 unspecified atom stereocenters. The first kappa shape index (κ1) is 15.7. The molecule has 4 nitrogen and oxygen atoms in total. The number of hydrogen-bond acceptors (Lipinski definition) is 3. The average molecular weight is 318 g/mol. The smallest absolute Gasteiger partial charge is 0.271 e. The summed E-state index contributed by atoms with van der Waals surface area (Å²) in [4.78, 5) is 12.2. The van der Waals surface area contributed by atoms with Gasteiger partial charge in [0.15, 0.2) is 0 Å². The van der Waals surface area contributed by atoms with E-state index in [2.05, 4.69) is 10.5 Å². The lowest BCUT2D eigenvalue weighted by atomic mass is 10.0. The van der Waals surface area contributed by atoms with Gasteiger partial charge in [0.1, 0.15) is 17.2 Å². The van der Waals surface area contributed by atoms with Crippen molar-refractivity contribution in [2.45, 2.75) is 13.8 Å². The van der Waals surface area contributed by atoms with Crippen molar-refractivity contribution in [3.8, 4) is 11.1 Å². The van der Waals surface area contributed by atoms with Crippen molar-refractivity contribution in [3.63, 3.8) is 0 Å². The van der Waals surface area contributed by atoms with E-state index in [1.54, 1.807) is 19.1 Å². The van der Waals surface area contributed by atoms with E-state index < -0.39 is 0 Å². The van der Waals surface area contributed by atoms with Gasteiger partial charge in [0, 0.05) is 5.56 Å². The van der Waals surface area contributed by atoms with E-state index in [1.165, 1.54) is 0 Å². The maximum absolute atomic E-state index is 12.2. The second-order valence-electron chi connectivity index (χ2n) is 5.49. The van der Waals surface area contributed by atoms with Crippen LogP contribution in [0.2, 0.25) is 0 Å². The lowest BCUT2D eigenvalue weighted by Gasteiger charge is -2.04. The molecular formula is C20H18N2O2. The van der Waals surface area contributed by atoms with Crippen LogP contribution < -0.4 is 5.43 Å². The maximum atomic E-state index is 12.2. The van der Waals surface area contributed by atoms with Crippen LogP contribution in [-0.4, -0.2) is 11.6 Å². The monoisotopic (exact) mass is 318 g/mol. The Morgan fingerprint density at radius 3 is 2.21 bits per heavy atom. The molecule has 0 bridgehead atoms. The van der Waals surface area contributed by atoms with E-state index in [0.717, 1.165) is 16.9 Å². The van der Waals surface area contributed by atoms with Crippen LogP contribution in [0, 0.1) is 6.92 Å². The Kier molecular flexibility index (Phi) is 4.57. The van der Waals surface area contributed by atoms with E-state index >= 15 is 0 Å². The summed E-state index contributed by atoms with van der Waals surface area (Å²) in [5, 5.41) is 4.09. The largest absolute Gasteiger partial charge is 0.460 e. The number of rotatable bonds is 4. The minimum Gasteiger partial charge on any atom is -0.460 e. The summed E-state index contributed by atoms with van der Waals surface area (Å²) in [6, 6.07) is 21.2. The third kappa shape index (κ3) is 3.60. The topological polar surface area (TPSA) is 54.6 Å². The normalized spacial score (nSPS) is 11.3. The molecule has 3 rings (SSSR count). The molecule has 1 aromatic heterocycles. The molecule has 0 aliphatic heterocycles. The SMILES string of the molecule is C/C(=N\NC(=O)c1ccc(-c2ccccc2)cc1)c1ccc(C)o1. The summed E-state index contributed by atoms with van der Waals surface area (Å²) < 4.78 is 5.47. The van der Waals surface area contributed by atoms with Gasteiger partial charge < -0.3 is 4.42 Å². The Labute approximate surface area is 140 Å². The van der Waals surface area contributed by atoms with Gasteiger partial charge in [-0.15, -0.1) is 0 Å². The number of aryl methyl sites for hydroxylation is 1. The molecule has 1 amide bonds. The fourth-order valence-electron chi connectivity index (χ4n) is 2.33. The van der Waals surface area contributed by atoms with Crippen LogP contribution in [0.3, 0.4) is 0 Å². The first-order chi connectivity index (χ1) is 11.6. The third-order valence-corrected chi connectivity index (χ3v) is 3.68. The first-order valence-electron chi connectivity index (χ1n) is 7.70. The number of carbonyl (C=O) groups excluding carboxylic acids is 1. The van der Waals surface area contributed by atoms with Crippen molar-refractivity contribution < 1.29 is 9.21 Å². The zero-order valence-corrected chi connectivity index (χ0v) is 13.6. The zero-order chi connectivity index (χ0) is 16.9. The molecule has 0 saturated heterocycles. The van der Waals surface area contributed by atoms with Gasteiger partial charge in [-0.05, 0) is 49.2 Å². The number of carbonyl (C=O) groups is 1. The van der Waals surface area contributed by atoms with Gasteiger partial charge in [-0.1, -0.05) is 42.5 Å². The van der Waals surface area contributed by atoms with Gasteiger partial charge >= 0.3 is 0 Å². The van der Waals surface area contributed by atoms with Crippen molar-refractivity contribution in [2.75, 3.05) is 0 Å². The highest BCUT2D eigenvalue weighted by Crippen LogP contribution is 2.19. The highest BCUT2D eigenvalue weighted by Gasteiger charge is 2.07. The van der Waals surface area contributed by atoms with Gasteiger partial charge in [0.2, 0.25) is 0 Å². The summed E-state index contributed by atoms with van der Waals surface area (Å²) in [5.74, 6) is 1.20. The van der Waals surface area contributed by atoms with Crippen molar-refractivity contribution in [1.29, 1.82) is 0 Å². The molecule has 24 heavy (non-hydrogen) atoms. The highest BCUT2D eigenvalue weighted by molar-refractivity contribution is 5.99. The second kappa shape index (κ2) is 6.96. The predicted octanol–water partition coefficient (Wildman–Crippen LogP) is 4.41. The summed E-state index contributed by atoms with van der Waals surface area (Å²) in [5.41, 5.74) is 5.92. The second-order valence-corrected chi connectivity index (χ2v) is 5.49. The fourth-order valence-corrected chi connectivity index (χ4v) is 2.33. The van der Waals surface area contributed by atoms with E-state index in [9.17, 15) is 4.79 Å². The number of furan rings is 1. The molecule has 0 aliphatic rings. The number of amides is 1. The van der Waals surface area contributed by atoms with Gasteiger partial charge in [-0.2, -0.15) is 5.10 Å². The Hall–Kier alpha value is -3.14. The summed E-state index contributed by atoms with van der Waals surface area (Å²) in [7, 11) is 0. The Balaban J connectivity index is 1.69. The Bertz CT molecular complexity index is 862. The van der Waals surface area contributed by atoms with Gasteiger partial charge in [-0.3, -0.25) is 4.79 Å². The van der Waals surface area contributed by atoms with Crippen LogP contribution in [-0.2, 0) is 0 Å². The lowest BCUT2D eigenvalue weighted by molar-refractivity contribution is 0.0955. The quantitative estimate of drug-likeness (QED) is 0.572. The molecule has 0 aliphatic carbocycles. The minimum absolute atomic E-state index is 0.253. The van der Waals surface area contributed by atoms with Crippen LogP contribution in [0.1, 0.15) is 28.8 Å². The Morgan fingerprint density at radius 1 is 0.917 bits per heavy atom. The van der Waals surface area contributed by atoms with Gasteiger partial charge in [-0.25, -0.2) is 5.43 Å². The summed E-state index contributed by atoms with van der Waals surface area (Å²) >= 11 is 0. The third-order valence-electron chi connectivity index (χ3n) is 3.68. The fraction of sp³-hybridized carbons (Fsp3) is 0.100. The molecule has 0 fully saturated rings. The molecule has 4 heteroatoms. The highest BCUT2D eigenvalue weighted by atomic mass is 16.3. The van der Waals surface area contributed by atoms with E-state index in [0.29, 0.717) is 17.0 Å². The number of hydrogen-bond donors (Lipinski definition) is 1. The number of nitrogens with one attached hydrogen (secondary N) is 1. The zero-order valence-electron chi connectivity index (χ0n) is 13.6. The molecule has 3 aromatic rings. The van der Waals surface area contributed by atoms with Crippen LogP contribution in [0.15, 0.2) is 76.2 Å². The number of benzene rings is 2. The molecule has 0 radical (unpaired) electrons. The predicted molar refractivity (Wildman–Crippen MR) is 95.0 cm³/mol. The average Bonchev–Trinajstić information content (AvgIpc) is 3.07. The van der Waals surface area contributed by atoms with Crippen molar-refractivity contribution >= 4 is 11.6 Å². The summed E-state index contributed by atoms with van der Waals surface area (Å²) in [6.45, 7) is 3.65. The molecule has 0 atom stereocenters. The van der Waals surface area contributed by atoms with Crippen molar-refractivity contribution in [1.82, 2.24) is 5.43 Å². The van der Waals surface area contributed by atoms with Crippen LogP contribution in [0.5, 0.6) is 0 Å². The molecule has 0 spiro atoms. The molecule has 120 valence electrons. The van der Waals surface area contributed by atoms with Crippen molar-refractivity contribution in [3.05, 3.63) is 83.8 Å². The summed E-state index contributed by atoms with van der Waals surface area (Å²) in [6.07, 6.45) is 0. The first-order valence-corrected chi connectivity index (χ1v) is 7.70. The van der Waals surface area contributed by atoms with E-state index in [4.69, 9.17) is 4.42 Å². The number of nitrogens with zero attached hydrogens (tertiary/aromatic N) is 1. The van der Waals surface area contributed by atoms with E-state index in [1.807, 2.05) is 61.5 Å². The molecule has 0 saturated carbocycles. The molecule has 1 N–H and O–H groups in total. The van der Waals surface area contributed by atoms with Crippen LogP contribution in [0.25, 0.3) is 11.1 Å². The maximum Gasteiger partial charge on any atom is 0.271 e. The van der Waals surface area contributed by atoms with Gasteiger partial charge in [0.05, 0.1) is 0 Å². The molecule has 2 aromatic carbocycles. The van der Waals surface area contributed by atoms with Crippen LogP contribution in [0.4, 0.5) is 0 Å². The molecular weight excluding hydrogens is 300 g/mol.